The lowest BCUT2D eigenvalue weighted by molar-refractivity contribution is 0.0907. The summed E-state index contributed by atoms with van der Waals surface area (Å²) in [6.45, 7) is 10.9. The highest BCUT2D eigenvalue weighted by molar-refractivity contribution is 6.14. The first-order valence-corrected chi connectivity index (χ1v) is 30.0. The molecule has 1 aromatic rings. The van der Waals surface area contributed by atoms with Crippen molar-refractivity contribution >= 4 is 23.6 Å². The molecule has 0 unspecified atom stereocenters. The van der Waals surface area contributed by atoms with Gasteiger partial charge in [-0.15, -0.1) is 0 Å². The quantitative estimate of drug-likeness (QED) is 0.0384. The smallest absolute Gasteiger partial charge is 0.252 e. The van der Waals surface area contributed by atoms with E-state index in [1.807, 2.05) is 0 Å². The van der Waals surface area contributed by atoms with Crippen molar-refractivity contribution in [2.75, 3.05) is 26.2 Å². The van der Waals surface area contributed by atoms with Crippen LogP contribution in [0.1, 0.15) is 326 Å². The van der Waals surface area contributed by atoms with Gasteiger partial charge in [0.15, 0.2) is 0 Å². The molecule has 8 heteroatoms. The SMILES string of the molecule is CCCCCCCC/C=C\CCCCCCCCNC(=O)c1cc(C(=O)NCCCCCCCC/C=C\CCCCCCCC)c(C(=O)NCCCCCCCC)cc1C(=O)NCCCCCCCC. The van der Waals surface area contributed by atoms with Gasteiger partial charge >= 0.3 is 0 Å². The Labute approximate surface area is 431 Å². The van der Waals surface area contributed by atoms with Gasteiger partial charge in [-0.3, -0.25) is 19.2 Å². The maximum atomic E-state index is 14.0. The first kappa shape index (κ1) is 64.6. The number of nitrogens with one attached hydrogen (secondary N) is 4. The molecule has 0 aliphatic heterocycles. The summed E-state index contributed by atoms with van der Waals surface area (Å²) in [6, 6.07) is 2.98. The number of hydrogen-bond donors (Lipinski definition) is 4. The number of hydrogen-bond acceptors (Lipinski definition) is 4. The van der Waals surface area contributed by atoms with Gasteiger partial charge in [0.1, 0.15) is 0 Å². The molecule has 0 heterocycles. The van der Waals surface area contributed by atoms with Gasteiger partial charge in [0.2, 0.25) is 0 Å². The van der Waals surface area contributed by atoms with Crippen molar-refractivity contribution < 1.29 is 19.2 Å². The second-order valence-corrected chi connectivity index (χ2v) is 20.4. The van der Waals surface area contributed by atoms with E-state index < -0.39 is 11.8 Å². The van der Waals surface area contributed by atoms with Crippen LogP contribution in [0, 0.1) is 0 Å². The molecule has 0 spiro atoms. The number of carbonyl (C=O) groups is 4. The highest BCUT2D eigenvalue weighted by Crippen LogP contribution is 2.20. The minimum absolute atomic E-state index is 0.138. The number of carbonyl (C=O) groups excluding carboxylic acids is 4. The normalized spacial score (nSPS) is 11.5. The first-order valence-electron chi connectivity index (χ1n) is 30.0. The van der Waals surface area contributed by atoms with E-state index in [-0.39, 0.29) is 34.1 Å². The first-order chi connectivity index (χ1) is 34.4. The Hall–Kier alpha value is -3.42. The maximum Gasteiger partial charge on any atom is 0.252 e. The van der Waals surface area contributed by atoms with E-state index in [1.54, 1.807) is 0 Å². The molecule has 0 saturated carbocycles. The van der Waals surface area contributed by atoms with Crippen molar-refractivity contribution in [2.45, 2.75) is 285 Å². The molecule has 0 atom stereocenters. The van der Waals surface area contributed by atoms with E-state index >= 15 is 0 Å². The van der Waals surface area contributed by atoms with E-state index in [0.29, 0.717) is 26.2 Å². The maximum absolute atomic E-state index is 14.0. The summed E-state index contributed by atoms with van der Waals surface area (Å²) in [6.07, 6.45) is 56.6. The van der Waals surface area contributed by atoms with Crippen LogP contribution < -0.4 is 21.3 Å². The summed E-state index contributed by atoms with van der Waals surface area (Å²) in [4.78, 5) is 55.7. The molecule has 70 heavy (non-hydrogen) atoms. The van der Waals surface area contributed by atoms with E-state index in [0.717, 1.165) is 89.9 Å². The molecule has 4 amide bonds. The van der Waals surface area contributed by atoms with Crippen molar-refractivity contribution in [2.24, 2.45) is 0 Å². The predicted octanol–water partition coefficient (Wildman–Crippen LogP) is 17.4. The number of rotatable bonds is 50. The van der Waals surface area contributed by atoms with Gasteiger partial charge in [-0.05, 0) is 89.2 Å². The second-order valence-electron chi connectivity index (χ2n) is 20.4. The summed E-state index contributed by atoms with van der Waals surface area (Å²) in [7, 11) is 0. The molecular weight excluding hydrogens is 865 g/mol. The van der Waals surface area contributed by atoms with Gasteiger partial charge in [0, 0.05) is 26.2 Å². The van der Waals surface area contributed by atoms with Crippen molar-refractivity contribution in [1.82, 2.24) is 21.3 Å². The third kappa shape index (κ3) is 36.5. The Balaban J connectivity index is 2.90. The van der Waals surface area contributed by atoms with Crippen LogP contribution in [0.3, 0.4) is 0 Å². The topological polar surface area (TPSA) is 116 Å². The van der Waals surface area contributed by atoms with Crippen LogP contribution in [0.5, 0.6) is 0 Å². The lowest BCUT2D eigenvalue weighted by atomic mass is 9.95. The molecule has 0 aromatic heterocycles. The Bertz CT molecular complexity index is 1380. The number of benzene rings is 1. The van der Waals surface area contributed by atoms with E-state index in [9.17, 15) is 19.2 Å². The van der Waals surface area contributed by atoms with Crippen LogP contribution in [-0.4, -0.2) is 49.8 Å². The molecule has 1 rings (SSSR count). The number of unbranched alkanes of at least 4 members (excludes halogenated alkanes) is 34. The lowest BCUT2D eigenvalue weighted by Crippen LogP contribution is -2.34. The minimum Gasteiger partial charge on any atom is -0.352 e. The van der Waals surface area contributed by atoms with E-state index in [4.69, 9.17) is 0 Å². The zero-order valence-corrected chi connectivity index (χ0v) is 46.2. The lowest BCUT2D eigenvalue weighted by Gasteiger charge is -2.17. The zero-order chi connectivity index (χ0) is 50.8. The standard InChI is InChI=1S/C62H110N4O4/c1-5-9-13-17-21-23-25-27-29-31-33-35-37-39-43-47-51-65-61(69)57-54-58(62(70)66-52-48-44-40-38-36-34-32-30-28-26-24-22-18-14-10-6-2)56(60(68)64-50-46-42-20-16-12-8-4)53-55(57)59(67)63-49-45-41-19-15-11-7-3/h27-30,53-54H,5-26,31-52H2,1-4H3,(H,63,67)(H,64,68)(H,65,69)(H,66,70)/b29-27-,30-28-. The zero-order valence-electron chi connectivity index (χ0n) is 46.2. The molecule has 0 saturated heterocycles. The molecule has 0 aliphatic rings. The molecular formula is C62H110N4O4. The largest absolute Gasteiger partial charge is 0.352 e. The summed E-state index contributed by atoms with van der Waals surface area (Å²) in [5, 5.41) is 12.2. The summed E-state index contributed by atoms with van der Waals surface area (Å²) < 4.78 is 0. The van der Waals surface area contributed by atoms with E-state index in [1.165, 1.54) is 179 Å². The summed E-state index contributed by atoms with van der Waals surface area (Å²) >= 11 is 0. The summed E-state index contributed by atoms with van der Waals surface area (Å²) in [5.41, 5.74) is 0.554. The van der Waals surface area contributed by atoms with Crippen LogP contribution >= 0.6 is 0 Å². The molecule has 0 bridgehead atoms. The highest BCUT2D eigenvalue weighted by Gasteiger charge is 2.26. The van der Waals surface area contributed by atoms with Crippen LogP contribution in [0.15, 0.2) is 36.4 Å². The third-order valence-electron chi connectivity index (χ3n) is 13.7. The minimum atomic E-state index is -0.392. The van der Waals surface area contributed by atoms with Crippen LogP contribution in [0.25, 0.3) is 0 Å². The molecule has 0 fully saturated rings. The predicted molar refractivity (Wildman–Crippen MR) is 301 cm³/mol. The molecule has 0 aliphatic carbocycles. The van der Waals surface area contributed by atoms with Crippen LogP contribution in [0.2, 0.25) is 0 Å². The third-order valence-corrected chi connectivity index (χ3v) is 13.7. The summed E-state index contributed by atoms with van der Waals surface area (Å²) in [5.74, 6) is -1.56. The van der Waals surface area contributed by atoms with Gasteiger partial charge in [0.05, 0.1) is 22.3 Å². The Morgan fingerprint density at radius 2 is 0.443 bits per heavy atom. The van der Waals surface area contributed by atoms with Crippen molar-refractivity contribution in [3.63, 3.8) is 0 Å². The average molecular weight is 976 g/mol. The second kappa shape index (κ2) is 49.2. The molecule has 0 radical (unpaired) electrons. The Morgan fingerprint density at radius 3 is 0.643 bits per heavy atom. The van der Waals surface area contributed by atoms with Crippen molar-refractivity contribution in [1.29, 1.82) is 0 Å². The van der Waals surface area contributed by atoms with Gasteiger partial charge in [-0.2, -0.15) is 0 Å². The molecule has 4 N–H and O–H groups in total. The van der Waals surface area contributed by atoms with Gasteiger partial charge < -0.3 is 21.3 Å². The van der Waals surface area contributed by atoms with Crippen LogP contribution in [0.4, 0.5) is 0 Å². The number of allylic oxidation sites excluding steroid dienone is 4. The molecule has 1 aromatic carbocycles. The fourth-order valence-electron chi connectivity index (χ4n) is 9.10. The fourth-order valence-corrected chi connectivity index (χ4v) is 9.10. The Morgan fingerprint density at radius 1 is 0.271 bits per heavy atom. The van der Waals surface area contributed by atoms with Gasteiger partial charge in [0.25, 0.3) is 23.6 Å². The molecule has 8 nitrogen and oxygen atoms in total. The van der Waals surface area contributed by atoms with Crippen LogP contribution in [-0.2, 0) is 0 Å². The van der Waals surface area contributed by atoms with Gasteiger partial charge in [-0.25, -0.2) is 0 Å². The van der Waals surface area contributed by atoms with E-state index in [2.05, 4.69) is 73.3 Å². The average Bonchev–Trinajstić information content (AvgIpc) is 3.36. The Kier molecular flexibility index (Phi) is 45.4. The number of amides is 4. The van der Waals surface area contributed by atoms with Gasteiger partial charge in [-0.1, -0.05) is 232 Å². The fraction of sp³-hybridized carbons (Fsp3) is 0.774. The van der Waals surface area contributed by atoms with Crippen molar-refractivity contribution in [3.05, 3.63) is 58.7 Å². The molecule has 402 valence electrons. The monoisotopic (exact) mass is 975 g/mol. The highest BCUT2D eigenvalue weighted by atomic mass is 16.2. The van der Waals surface area contributed by atoms with Crippen molar-refractivity contribution in [3.8, 4) is 0 Å².